The zero-order valence-corrected chi connectivity index (χ0v) is 15.7. The maximum atomic E-state index is 6.68. The third-order valence-corrected chi connectivity index (χ3v) is 5.55. The van der Waals surface area contributed by atoms with E-state index in [0.29, 0.717) is 0 Å². The number of alkyl halides is 1. The zero-order chi connectivity index (χ0) is 17.2. The van der Waals surface area contributed by atoms with E-state index in [1.54, 1.807) is 0 Å². The van der Waals surface area contributed by atoms with E-state index in [4.69, 9.17) is 11.6 Å². The maximum Gasteiger partial charge on any atom is 0.0347 e. The molecular formula is C23H27Cl. The molecule has 24 heavy (non-hydrogen) atoms. The van der Waals surface area contributed by atoms with E-state index >= 15 is 0 Å². The molecule has 0 fully saturated rings. The molecule has 0 radical (unpaired) electrons. The molecule has 0 aromatic heterocycles. The van der Waals surface area contributed by atoms with Crippen molar-refractivity contribution in [1.29, 1.82) is 0 Å². The van der Waals surface area contributed by atoms with Crippen molar-refractivity contribution in [2.45, 2.75) is 57.2 Å². The smallest absolute Gasteiger partial charge is 0.0347 e. The van der Waals surface area contributed by atoms with E-state index in [0.717, 1.165) is 12.8 Å². The molecule has 1 aliphatic rings. The van der Waals surface area contributed by atoms with Gasteiger partial charge in [0.05, 0.1) is 0 Å². The number of fused-ring (bicyclic) bond motifs is 1. The van der Waals surface area contributed by atoms with E-state index in [2.05, 4.69) is 75.4 Å². The van der Waals surface area contributed by atoms with Crippen LogP contribution < -0.4 is 0 Å². The van der Waals surface area contributed by atoms with Crippen molar-refractivity contribution in [3.63, 3.8) is 0 Å². The van der Waals surface area contributed by atoms with Gasteiger partial charge in [0.1, 0.15) is 0 Å². The predicted molar refractivity (Wildman–Crippen MR) is 107 cm³/mol. The van der Waals surface area contributed by atoms with E-state index in [1.165, 1.54) is 40.7 Å². The fourth-order valence-corrected chi connectivity index (χ4v) is 4.31. The zero-order valence-electron chi connectivity index (χ0n) is 15.0. The number of halogens is 1. The van der Waals surface area contributed by atoms with Crippen LogP contribution in [0.3, 0.4) is 0 Å². The summed E-state index contributed by atoms with van der Waals surface area (Å²) in [6.07, 6.45) is 9.15. The number of hydrogen-bond acceptors (Lipinski definition) is 0. The van der Waals surface area contributed by atoms with E-state index in [-0.39, 0.29) is 10.8 Å². The monoisotopic (exact) mass is 338 g/mol. The highest BCUT2D eigenvalue weighted by Gasteiger charge is 2.34. The van der Waals surface area contributed by atoms with Gasteiger partial charge in [0.25, 0.3) is 0 Å². The molecule has 0 bridgehead atoms. The number of aryl methyl sites for hydroxylation is 1. The lowest BCUT2D eigenvalue weighted by Crippen LogP contribution is -2.23. The minimum atomic E-state index is 0.0248. The molecule has 0 nitrogen and oxygen atoms in total. The summed E-state index contributed by atoms with van der Waals surface area (Å²) in [6.45, 7) is 6.70. The third-order valence-electron chi connectivity index (χ3n) is 5.18. The number of unbranched alkanes of at least 4 members (excludes halogenated alkanes) is 1. The fraction of sp³-hybridized carbons (Fsp3) is 0.391. The SMILES string of the molecule is CCCCC(Cl)CC1(C)C=Cc2cccc(-c3ccc(C)cc3)c21. The molecule has 0 aliphatic heterocycles. The fourth-order valence-electron chi connectivity index (χ4n) is 3.84. The topological polar surface area (TPSA) is 0 Å². The summed E-state index contributed by atoms with van der Waals surface area (Å²) in [5.41, 5.74) is 6.75. The summed E-state index contributed by atoms with van der Waals surface area (Å²) < 4.78 is 0. The molecule has 2 aromatic rings. The van der Waals surface area contributed by atoms with Crippen molar-refractivity contribution < 1.29 is 0 Å². The molecule has 0 N–H and O–H groups in total. The Morgan fingerprint density at radius 1 is 1.08 bits per heavy atom. The van der Waals surface area contributed by atoms with E-state index < -0.39 is 0 Å². The Morgan fingerprint density at radius 2 is 1.83 bits per heavy atom. The second-order valence-electron chi connectivity index (χ2n) is 7.33. The lowest BCUT2D eigenvalue weighted by atomic mass is 9.76. The molecule has 1 heteroatoms. The molecule has 0 saturated carbocycles. The van der Waals surface area contributed by atoms with Crippen molar-refractivity contribution in [2.24, 2.45) is 0 Å². The molecule has 1 aliphatic carbocycles. The highest BCUT2D eigenvalue weighted by atomic mass is 35.5. The number of benzene rings is 2. The second kappa shape index (κ2) is 7.15. The first-order valence-corrected chi connectivity index (χ1v) is 9.51. The Balaban J connectivity index is 1.97. The van der Waals surface area contributed by atoms with Crippen LogP contribution in [-0.4, -0.2) is 5.38 Å². The molecule has 126 valence electrons. The van der Waals surface area contributed by atoms with Crippen LogP contribution in [-0.2, 0) is 5.41 Å². The summed E-state index contributed by atoms with van der Waals surface area (Å²) in [5, 5.41) is 0.233. The van der Waals surface area contributed by atoms with Gasteiger partial charge < -0.3 is 0 Å². The Kier molecular flexibility index (Phi) is 5.15. The average Bonchev–Trinajstić information content (AvgIpc) is 2.91. The third kappa shape index (κ3) is 3.44. The van der Waals surface area contributed by atoms with Gasteiger partial charge in [-0.2, -0.15) is 0 Å². The second-order valence-corrected chi connectivity index (χ2v) is 7.95. The highest BCUT2D eigenvalue weighted by molar-refractivity contribution is 6.20. The van der Waals surface area contributed by atoms with Crippen LogP contribution in [0.5, 0.6) is 0 Å². The van der Waals surface area contributed by atoms with Crippen LogP contribution in [0.1, 0.15) is 56.2 Å². The molecule has 0 saturated heterocycles. The van der Waals surface area contributed by atoms with E-state index in [1.807, 2.05) is 0 Å². The Bertz CT molecular complexity index is 726. The lowest BCUT2D eigenvalue weighted by Gasteiger charge is -2.29. The van der Waals surface area contributed by atoms with Gasteiger partial charge in [-0.25, -0.2) is 0 Å². The molecule has 3 rings (SSSR count). The van der Waals surface area contributed by atoms with Crippen molar-refractivity contribution in [1.82, 2.24) is 0 Å². The highest BCUT2D eigenvalue weighted by Crippen LogP contribution is 2.45. The Hall–Kier alpha value is -1.53. The van der Waals surface area contributed by atoms with Crippen molar-refractivity contribution in [3.8, 4) is 11.1 Å². The van der Waals surface area contributed by atoms with Crippen LogP contribution in [0.4, 0.5) is 0 Å². The van der Waals surface area contributed by atoms with Gasteiger partial charge in [-0.1, -0.05) is 86.9 Å². The van der Waals surface area contributed by atoms with Gasteiger partial charge >= 0.3 is 0 Å². The minimum Gasteiger partial charge on any atom is -0.123 e. The standard InChI is InChI=1S/C23H27Cl/c1-4-5-8-20(24)16-23(3)15-14-19-7-6-9-21(22(19)23)18-12-10-17(2)11-13-18/h6-7,9-15,20H,4-5,8,16H2,1-3H3. The quantitative estimate of drug-likeness (QED) is 0.491. The van der Waals surface area contributed by atoms with Crippen LogP contribution >= 0.6 is 11.6 Å². The molecule has 0 heterocycles. The lowest BCUT2D eigenvalue weighted by molar-refractivity contribution is 0.505. The van der Waals surface area contributed by atoms with Gasteiger partial charge in [0.15, 0.2) is 0 Å². The predicted octanol–water partition coefficient (Wildman–Crippen LogP) is 7.13. The van der Waals surface area contributed by atoms with Gasteiger partial charge in [-0.05, 0) is 42.0 Å². The first-order valence-electron chi connectivity index (χ1n) is 9.07. The summed E-state index contributed by atoms with van der Waals surface area (Å²) in [6, 6.07) is 15.5. The van der Waals surface area contributed by atoms with Gasteiger partial charge in [-0.3, -0.25) is 0 Å². The summed E-state index contributed by atoms with van der Waals surface area (Å²) in [5.74, 6) is 0. The number of hydrogen-bond donors (Lipinski definition) is 0. The molecule has 0 spiro atoms. The van der Waals surface area contributed by atoms with Gasteiger partial charge in [0.2, 0.25) is 0 Å². The minimum absolute atomic E-state index is 0.0248. The molecule has 2 aromatic carbocycles. The summed E-state index contributed by atoms with van der Waals surface area (Å²) in [4.78, 5) is 0. The Morgan fingerprint density at radius 3 is 2.54 bits per heavy atom. The van der Waals surface area contributed by atoms with E-state index in [9.17, 15) is 0 Å². The first-order chi connectivity index (χ1) is 11.5. The molecule has 0 amide bonds. The van der Waals surface area contributed by atoms with Crippen LogP contribution in [0.25, 0.3) is 17.2 Å². The average molecular weight is 339 g/mol. The van der Waals surface area contributed by atoms with Crippen molar-refractivity contribution >= 4 is 17.7 Å². The maximum absolute atomic E-state index is 6.68. The molecular weight excluding hydrogens is 312 g/mol. The van der Waals surface area contributed by atoms with Gasteiger partial charge in [0, 0.05) is 10.8 Å². The van der Waals surface area contributed by atoms with Crippen LogP contribution in [0, 0.1) is 6.92 Å². The van der Waals surface area contributed by atoms with Crippen LogP contribution in [0.2, 0.25) is 0 Å². The number of allylic oxidation sites excluding steroid dienone is 1. The largest absolute Gasteiger partial charge is 0.123 e. The first kappa shape index (κ1) is 17.3. The van der Waals surface area contributed by atoms with Crippen molar-refractivity contribution in [3.05, 3.63) is 65.2 Å². The number of rotatable bonds is 6. The summed E-state index contributed by atoms with van der Waals surface area (Å²) >= 11 is 6.68. The molecule has 2 unspecified atom stereocenters. The van der Waals surface area contributed by atoms with Crippen molar-refractivity contribution in [2.75, 3.05) is 0 Å². The summed E-state index contributed by atoms with van der Waals surface area (Å²) in [7, 11) is 0. The van der Waals surface area contributed by atoms with Gasteiger partial charge in [-0.15, -0.1) is 11.6 Å². The van der Waals surface area contributed by atoms with Crippen LogP contribution in [0.15, 0.2) is 48.5 Å². The normalized spacial score (nSPS) is 20.2. The Labute approximate surface area is 151 Å². The molecule has 2 atom stereocenters.